The quantitative estimate of drug-likeness (QED) is 0.861. The molecule has 1 saturated heterocycles. The molecule has 0 aliphatic carbocycles. The molecule has 0 amide bonds. The van der Waals surface area contributed by atoms with E-state index in [-0.39, 0.29) is 0 Å². The second-order valence-electron chi connectivity index (χ2n) is 4.75. The molecule has 0 atom stereocenters. The standard InChI is InChI=1S/C14H21ClN2O/c1-18-12-2-3-14(13(15)10-12)17-9-6-11-4-7-16-8-5-11/h2-3,10-11,16-17H,4-9H2,1H3. The number of anilines is 1. The number of piperidine rings is 1. The van der Waals surface area contributed by atoms with Gasteiger partial charge in [-0.2, -0.15) is 0 Å². The summed E-state index contributed by atoms with van der Waals surface area (Å²) in [5.41, 5.74) is 0.992. The Balaban J connectivity index is 1.79. The Labute approximate surface area is 114 Å². The number of hydrogen-bond donors (Lipinski definition) is 2. The van der Waals surface area contributed by atoms with Gasteiger partial charge in [0.15, 0.2) is 0 Å². The maximum absolute atomic E-state index is 6.18. The van der Waals surface area contributed by atoms with E-state index in [0.29, 0.717) is 0 Å². The zero-order valence-electron chi connectivity index (χ0n) is 10.8. The number of rotatable bonds is 5. The molecule has 1 fully saturated rings. The molecule has 0 spiro atoms. The minimum Gasteiger partial charge on any atom is -0.497 e. The van der Waals surface area contributed by atoms with Crippen molar-refractivity contribution in [3.05, 3.63) is 23.2 Å². The molecule has 1 aliphatic heterocycles. The third-order valence-corrected chi connectivity index (χ3v) is 3.82. The van der Waals surface area contributed by atoms with Crippen molar-refractivity contribution in [2.45, 2.75) is 19.3 Å². The van der Waals surface area contributed by atoms with Crippen LogP contribution in [0.5, 0.6) is 5.75 Å². The largest absolute Gasteiger partial charge is 0.497 e. The van der Waals surface area contributed by atoms with Crippen LogP contribution in [0.2, 0.25) is 5.02 Å². The fourth-order valence-electron chi connectivity index (χ4n) is 2.35. The van der Waals surface area contributed by atoms with Gasteiger partial charge >= 0.3 is 0 Å². The van der Waals surface area contributed by atoms with Gasteiger partial charge in [0, 0.05) is 12.6 Å². The number of ether oxygens (including phenoxy) is 1. The van der Waals surface area contributed by atoms with Gasteiger partial charge in [0.05, 0.1) is 17.8 Å². The number of hydrogen-bond acceptors (Lipinski definition) is 3. The Bertz CT molecular complexity index is 378. The van der Waals surface area contributed by atoms with E-state index in [1.165, 1.54) is 19.3 Å². The van der Waals surface area contributed by atoms with Crippen LogP contribution in [0.1, 0.15) is 19.3 Å². The molecule has 2 N–H and O–H groups in total. The van der Waals surface area contributed by atoms with Crippen molar-refractivity contribution in [1.29, 1.82) is 0 Å². The summed E-state index contributed by atoms with van der Waals surface area (Å²) in [7, 11) is 1.65. The van der Waals surface area contributed by atoms with Gasteiger partial charge in [-0.1, -0.05) is 11.6 Å². The number of benzene rings is 1. The first-order valence-electron chi connectivity index (χ1n) is 6.57. The van der Waals surface area contributed by atoms with Crippen molar-refractivity contribution in [3.63, 3.8) is 0 Å². The van der Waals surface area contributed by atoms with E-state index in [9.17, 15) is 0 Å². The average molecular weight is 269 g/mol. The third kappa shape index (κ3) is 3.79. The molecule has 1 heterocycles. The highest BCUT2D eigenvalue weighted by Crippen LogP contribution is 2.27. The van der Waals surface area contributed by atoms with Crippen molar-refractivity contribution >= 4 is 17.3 Å². The zero-order chi connectivity index (χ0) is 12.8. The van der Waals surface area contributed by atoms with Crippen molar-refractivity contribution in [2.75, 3.05) is 32.1 Å². The molecule has 2 rings (SSSR count). The first-order valence-corrected chi connectivity index (χ1v) is 6.95. The van der Waals surface area contributed by atoms with E-state index in [1.54, 1.807) is 7.11 Å². The highest BCUT2D eigenvalue weighted by molar-refractivity contribution is 6.33. The Morgan fingerprint density at radius 2 is 2.17 bits per heavy atom. The lowest BCUT2D eigenvalue weighted by atomic mass is 9.95. The first-order chi connectivity index (χ1) is 8.79. The molecule has 3 nitrogen and oxygen atoms in total. The average Bonchev–Trinajstić information content (AvgIpc) is 2.42. The summed E-state index contributed by atoms with van der Waals surface area (Å²) in [5.74, 6) is 1.64. The zero-order valence-corrected chi connectivity index (χ0v) is 11.6. The minimum absolute atomic E-state index is 0.722. The maximum atomic E-state index is 6.18. The van der Waals surface area contributed by atoms with Crippen molar-refractivity contribution in [3.8, 4) is 5.75 Å². The molecule has 0 bridgehead atoms. The molecule has 0 radical (unpaired) electrons. The van der Waals surface area contributed by atoms with E-state index in [1.807, 2.05) is 18.2 Å². The second kappa shape index (κ2) is 6.86. The molecule has 4 heteroatoms. The lowest BCUT2D eigenvalue weighted by Gasteiger charge is -2.22. The fourth-order valence-corrected chi connectivity index (χ4v) is 2.58. The van der Waals surface area contributed by atoms with E-state index in [2.05, 4.69) is 10.6 Å². The molecule has 1 aromatic carbocycles. The van der Waals surface area contributed by atoms with Gasteiger partial charge in [-0.05, 0) is 50.4 Å². The van der Waals surface area contributed by atoms with Gasteiger partial charge in [-0.3, -0.25) is 0 Å². The first kappa shape index (κ1) is 13.5. The lowest BCUT2D eigenvalue weighted by molar-refractivity contribution is 0.361. The van der Waals surface area contributed by atoms with E-state index in [0.717, 1.165) is 42.0 Å². The van der Waals surface area contributed by atoms with Crippen molar-refractivity contribution < 1.29 is 4.74 Å². The van der Waals surface area contributed by atoms with E-state index < -0.39 is 0 Å². The van der Waals surface area contributed by atoms with Crippen molar-refractivity contribution in [1.82, 2.24) is 5.32 Å². The minimum atomic E-state index is 0.722. The predicted octanol–water partition coefficient (Wildman–Crippen LogP) is 3.15. The van der Waals surface area contributed by atoms with Crippen LogP contribution < -0.4 is 15.4 Å². The molecule has 0 saturated carbocycles. The Morgan fingerprint density at radius 3 is 2.83 bits per heavy atom. The molecular weight excluding hydrogens is 248 g/mol. The normalized spacial score (nSPS) is 16.6. The van der Waals surface area contributed by atoms with Crippen molar-refractivity contribution in [2.24, 2.45) is 5.92 Å². The Morgan fingerprint density at radius 1 is 1.39 bits per heavy atom. The molecule has 18 heavy (non-hydrogen) atoms. The molecular formula is C14H21ClN2O. The van der Waals surface area contributed by atoms with Gasteiger partial charge in [0.1, 0.15) is 5.75 Å². The monoisotopic (exact) mass is 268 g/mol. The molecule has 0 aromatic heterocycles. The van der Waals surface area contributed by atoms with Gasteiger partial charge in [0.2, 0.25) is 0 Å². The van der Waals surface area contributed by atoms with Crippen LogP contribution in [0.4, 0.5) is 5.69 Å². The third-order valence-electron chi connectivity index (χ3n) is 3.50. The smallest absolute Gasteiger partial charge is 0.120 e. The SMILES string of the molecule is COc1ccc(NCCC2CCNCC2)c(Cl)c1. The van der Waals surface area contributed by atoms with Gasteiger partial charge < -0.3 is 15.4 Å². The van der Waals surface area contributed by atoms with E-state index in [4.69, 9.17) is 16.3 Å². The second-order valence-corrected chi connectivity index (χ2v) is 5.16. The Kier molecular flexibility index (Phi) is 5.14. The highest BCUT2D eigenvalue weighted by atomic mass is 35.5. The molecule has 0 unspecified atom stereocenters. The van der Waals surface area contributed by atoms with E-state index >= 15 is 0 Å². The maximum Gasteiger partial charge on any atom is 0.120 e. The molecule has 1 aromatic rings. The highest BCUT2D eigenvalue weighted by Gasteiger charge is 2.12. The van der Waals surface area contributed by atoms with Crippen LogP contribution in [-0.2, 0) is 0 Å². The fraction of sp³-hybridized carbons (Fsp3) is 0.571. The molecule has 100 valence electrons. The van der Waals surface area contributed by atoms with Gasteiger partial charge in [0.25, 0.3) is 0 Å². The van der Waals surface area contributed by atoms with Gasteiger partial charge in [-0.15, -0.1) is 0 Å². The summed E-state index contributed by atoms with van der Waals surface area (Å²) in [6, 6.07) is 5.75. The van der Waals surface area contributed by atoms with Crippen LogP contribution in [0.3, 0.4) is 0 Å². The number of halogens is 1. The molecule has 1 aliphatic rings. The summed E-state index contributed by atoms with van der Waals surface area (Å²) in [6.07, 6.45) is 3.79. The summed E-state index contributed by atoms with van der Waals surface area (Å²) in [5, 5.41) is 7.51. The Hall–Kier alpha value is -0.930. The van der Waals surface area contributed by atoms with Crippen LogP contribution in [0, 0.1) is 5.92 Å². The predicted molar refractivity (Wildman–Crippen MR) is 76.7 cm³/mol. The van der Waals surface area contributed by atoms with Crippen LogP contribution in [-0.4, -0.2) is 26.7 Å². The summed E-state index contributed by atoms with van der Waals surface area (Å²) in [6.45, 7) is 3.30. The summed E-state index contributed by atoms with van der Waals surface area (Å²) >= 11 is 6.18. The van der Waals surface area contributed by atoms with Crippen LogP contribution in [0.25, 0.3) is 0 Å². The summed E-state index contributed by atoms with van der Waals surface area (Å²) < 4.78 is 5.13. The summed E-state index contributed by atoms with van der Waals surface area (Å²) in [4.78, 5) is 0. The number of nitrogens with one attached hydrogen (secondary N) is 2. The number of methoxy groups -OCH3 is 1. The topological polar surface area (TPSA) is 33.3 Å². The van der Waals surface area contributed by atoms with Crippen LogP contribution in [0.15, 0.2) is 18.2 Å². The van der Waals surface area contributed by atoms with Crippen LogP contribution >= 0.6 is 11.6 Å². The van der Waals surface area contributed by atoms with Gasteiger partial charge in [-0.25, -0.2) is 0 Å². The lowest BCUT2D eigenvalue weighted by Crippen LogP contribution is -2.28.